The van der Waals surface area contributed by atoms with Crippen molar-refractivity contribution in [2.24, 2.45) is 0 Å². The molecule has 0 fully saturated rings. The van der Waals surface area contributed by atoms with Crippen LogP contribution in [0.15, 0.2) is 0 Å². The third kappa shape index (κ3) is 18.4. The maximum Gasteiger partial charge on any atom is 2.00 e. The van der Waals surface area contributed by atoms with Gasteiger partial charge in [-0.3, -0.25) is 9.59 Å². The number of carboxylic acid groups (broad SMARTS) is 2. The van der Waals surface area contributed by atoms with Gasteiger partial charge in [0.2, 0.25) is 0 Å². The van der Waals surface area contributed by atoms with Crippen LogP contribution in [-0.2, 0) is 29.1 Å². The monoisotopic (exact) mass is 242 g/mol. The van der Waals surface area contributed by atoms with Gasteiger partial charge in [0.25, 0.3) is 11.9 Å². The molecule has 2 atom stereocenters. The summed E-state index contributed by atoms with van der Waals surface area (Å²) in [6, 6.07) is 0. The summed E-state index contributed by atoms with van der Waals surface area (Å²) in [4.78, 5) is 18.8. The van der Waals surface area contributed by atoms with Gasteiger partial charge in [0, 0.05) is 0 Å². The molecule has 0 saturated heterocycles. The van der Waals surface area contributed by atoms with Crippen LogP contribution in [0.3, 0.4) is 0 Å². The second-order valence-electron chi connectivity index (χ2n) is 1.96. The number of aliphatic carboxylic acids is 2. The first kappa shape index (κ1) is 18.3. The summed E-state index contributed by atoms with van der Waals surface area (Å²) in [7, 11) is 0. The fraction of sp³-hybridized carbons (Fsp3) is 0.667. The summed E-state index contributed by atoms with van der Waals surface area (Å²) >= 11 is 0. The molecule has 0 rings (SSSR count). The van der Waals surface area contributed by atoms with E-state index in [2.05, 4.69) is 0 Å². The minimum absolute atomic E-state index is 0. The maximum atomic E-state index is 9.63. The Morgan fingerprint density at radius 3 is 1.08 bits per heavy atom. The summed E-state index contributed by atoms with van der Waals surface area (Å²) in [5, 5.41) is 34.6. The predicted molar refractivity (Wildman–Crippen MR) is 34.2 cm³/mol. The third-order valence-electron chi connectivity index (χ3n) is 0.696. The first-order valence-electron chi connectivity index (χ1n) is 3.06. The second-order valence-corrected chi connectivity index (χ2v) is 1.96. The van der Waals surface area contributed by atoms with E-state index in [1.54, 1.807) is 0 Å². The zero-order chi connectivity index (χ0) is 10.3. The Balaban J connectivity index is -0.000000143. The van der Waals surface area contributed by atoms with Crippen molar-refractivity contribution in [3.63, 3.8) is 0 Å². The van der Waals surface area contributed by atoms with Crippen LogP contribution in [0.25, 0.3) is 0 Å². The Kier molecular flexibility index (Phi) is 13.5. The summed E-state index contributed by atoms with van der Waals surface area (Å²) in [5.41, 5.74) is 0. The smallest absolute Gasteiger partial charge is 0.844 e. The van der Waals surface area contributed by atoms with Crippen molar-refractivity contribution < 1.29 is 49.5 Å². The molecule has 6 nitrogen and oxygen atoms in total. The Labute approximate surface area is 88.0 Å². The van der Waals surface area contributed by atoms with Crippen LogP contribution in [0.5, 0.6) is 0 Å². The van der Waals surface area contributed by atoms with Crippen molar-refractivity contribution in [2.75, 3.05) is 0 Å². The summed E-state index contributed by atoms with van der Waals surface area (Å²) in [6.45, 7) is 2.17. The van der Waals surface area contributed by atoms with Crippen LogP contribution in [0.2, 0.25) is 0 Å². The molecule has 0 bridgehead atoms. The van der Waals surface area contributed by atoms with Gasteiger partial charge in [-0.2, -0.15) is 0 Å². The normalized spacial score (nSPS) is 12.6. The number of hydrogen-bond donors (Lipinski definition) is 2. The summed E-state index contributed by atoms with van der Waals surface area (Å²) < 4.78 is 0. The van der Waals surface area contributed by atoms with Gasteiger partial charge in [-0.25, -0.2) is 0 Å². The fourth-order valence-electron chi connectivity index (χ4n) is 0. The zero-order valence-corrected chi connectivity index (χ0v) is 10.4. The minimum atomic E-state index is -1.48. The van der Waals surface area contributed by atoms with Crippen molar-refractivity contribution in [1.29, 1.82) is 0 Å². The molecule has 0 spiro atoms. The first-order valence-corrected chi connectivity index (χ1v) is 3.06. The molecule has 0 aliphatic heterocycles. The third-order valence-corrected chi connectivity index (χ3v) is 0.696. The average molecular weight is 244 g/mol. The molecule has 0 aliphatic rings. The molecule has 0 unspecified atom stereocenters. The summed E-state index contributed by atoms with van der Waals surface area (Å²) in [6.07, 6.45) is -2.96. The molecule has 0 saturated carbocycles. The van der Waals surface area contributed by atoms with E-state index >= 15 is 0 Å². The van der Waals surface area contributed by atoms with E-state index in [0.717, 1.165) is 13.8 Å². The van der Waals surface area contributed by atoms with Gasteiger partial charge in [-0.15, -0.1) is 0 Å². The van der Waals surface area contributed by atoms with Crippen LogP contribution >= 0.6 is 0 Å². The van der Waals surface area contributed by atoms with Crippen LogP contribution in [0.1, 0.15) is 13.8 Å². The number of rotatable bonds is 2. The molecular weight excluding hydrogens is 233 g/mol. The summed E-state index contributed by atoms with van der Waals surface area (Å²) in [5.74, 6) is -2.59. The van der Waals surface area contributed by atoms with Crippen LogP contribution in [0.4, 0.5) is 0 Å². The van der Waals surface area contributed by atoms with E-state index in [1.165, 1.54) is 0 Å². The Bertz CT molecular complexity index is 137. The van der Waals surface area contributed by atoms with Crippen molar-refractivity contribution in [2.45, 2.75) is 26.1 Å². The maximum absolute atomic E-state index is 9.63. The molecule has 7 heteroatoms. The Morgan fingerprint density at radius 1 is 1.00 bits per heavy atom. The topological polar surface area (TPSA) is 121 Å². The molecule has 0 amide bonds. The van der Waals surface area contributed by atoms with Crippen LogP contribution in [0, 0.1) is 0 Å². The fourth-order valence-corrected chi connectivity index (χ4v) is 0. The standard InChI is InChI=1S/2C3H5O3.Zn/c2*1-2(4)3(5)6;/h2*2H,1H3,(H,5,6);/q2*-1;+2/t2*2-;/m00./s1. The van der Waals surface area contributed by atoms with Crippen LogP contribution in [-0.4, -0.2) is 34.4 Å². The molecule has 0 radical (unpaired) electrons. The molecule has 0 heterocycles. The van der Waals surface area contributed by atoms with Gasteiger partial charge >= 0.3 is 19.5 Å². The number of hydrogen-bond acceptors (Lipinski definition) is 4. The van der Waals surface area contributed by atoms with Crippen molar-refractivity contribution in [1.82, 2.24) is 0 Å². The second kappa shape index (κ2) is 9.57. The zero-order valence-electron chi connectivity index (χ0n) is 7.39. The van der Waals surface area contributed by atoms with E-state index in [1.807, 2.05) is 0 Å². The van der Waals surface area contributed by atoms with Crippen molar-refractivity contribution >= 4 is 11.9 Å². The van der Waals surface area contributed by atoms with E-state index in [0.29, 0.717) is 0 Å². The van der Waals surface area contributed by atoms with Gasteiger partial charge in [0.05, 0.1) is 0 Å². The van der Waals surface area contributed by atoms with Gasteiger partial charge in [-0.05, 0) is 12.2 Å². The van der Waals surface area contributed by atoms with E-state index in [9.17, 15) is 19.8 Å². The largest absolute Gasteiger partial charge is 2.00 e. The Morgan fingerprint density at radius 2 is 1.08 bits per heavy atom. The molecule has 0 aromatic rings. The van der Waals surface area contributed by atoms with Crippen LogP contribution < -0.4 is 10.2 Å². The quantitative estimate of drug-likeness (QED) is 0.523. The van der Waals surface area contributed by atoms with Gasteiger partial charge < -0.3 is 20.4 Å². The minimum Gasteiger partial charge on any atom is -0.844 e. The first-order chi connectivity index (χ1) is 5.29. The van der Waals surface area contributed by atoms with E-state index in [-0.39, 0.29) is 19.5 Å². The van der Waals surface area contributed by atoms with Gasteiger partial charge in [0.1, 0.15) is 0 Å². The Hall–Kier alpha value is -0.517. The molecule has 13 heavy (non-hydrogen) atoms. The van der Waals surface area contributed by atoms with Crippen molar-refractivity contribution in [3.8, 4) is 0 Å². The predicted octanol–water partition coefficient (Wildman–Crippen LogP) is -2.36. The molecule has 0 aromatic carbocycles. The van der Waals surface area contributed by atoms with Crippen molar-refractivity contribution in [3.05, 3.63) is 0 Å². The van der Waals surface area contributed by atoms with E-state index < -0.39 is 24.1 Å². The number of carboxylic acids is 2. The molecule has 2 N–H and O–H groups in total. The SMILES string of the molecule is C[C@H]([O-])C(=O)O.C[C@H]([O-])C(=O)O.[Zn+2]. The molecule has 0 aromatic heterocycles. The van der Waals surface area contributed by atoms with Gasteiger partial charge in [0.15, 0.2) is 0 Å². The number of carbonyl (C=O) groups is 2. The molecular formula is C6H10O6Zn. The average Bonchev–Trinajstić information content (AvgIpc) is 1.88. The molecule has 72 valence electrons. The molecule has 0 aliphatic carbocycles. The van der Waals surface area contributed by atoms with Gasteiger partial charge in [-0.1, -0.05) is 13.8 Å². The van der Waals surface area contributed by atoms with E-state index in [4.69, 9.17) is 10.2 Å².